The van der Waals surface area contributed by atoms with Crippen LogP contribution in [0.3, 0.4) is 0 Å². The summed E-state index contributed by atoms with van der Waals surface area (Å²) in [5, 5.41) is 53.5. The first-order chi connectivity index (χ1) is 61.7. The zero-order chi connectivity index (χ0) is 91.1. The second-order valence-electron chi connectivity index (χ2n) is 32.1. The summed E-state index contributed by atoms with van der Waals surface area (Å²) in [6.45, 7) is 23.4. The third-order valence-electron chi connectivity index (χ3n) is 21.2. The fourth-order valence-corrected chi connectivity index (χ4v) is 15.1. The van der Waals surface area contributed by atoms with Gasteiger partial charge in [-0.25, -0.2) is 0 Å². The van der Waals surface area contributed by atoms with Gasteiger partial charge in [-0.05, 0) is 117 Å². The van der Waals surface area contributed by atoms with E-state index in [0.717, 1.165) is 85.0 Å². The van der Waals surface area contributed by atoms with Crippen LogP contribution in [0.1, 0.15) is 88.9 Å². The maximum Gasteiger partial charge on any atom is 0.221 e. The number of para-hydroxylation sites is 2. The van der Waals surface area contributed by atoms with E-state index in [1.54, 1.807) is 12.2 Å². The summed E-state index contributed by atoms with van der Waals surface area (Å²) in [5.41, 5.74) is 30.7. The van der Waals surface area contributed by atoms with Gasteiger partial charge in [0.15, 0.2) is 36.6 Å². The number of nitrogens with one attached hydrogen (secondary N) is 1. The Morgan fingerprint density at radius 3 is 1.65 bits per heavy atom. The number of carbonyl (C=O) groups excluding carboxylic acids is 3. The van der Waals surface area contributed by atoms with E-state index in [1.807, 2.05) is 108 Å². The maximum absolute atomic E-state index is 11.0. The third kappa shape index (κ3) is 26.8. The molecule has 20 rings (SSSR count). The Morgan fingerprint density at radius 2 is 1.05 bits per heavy atom. The predicted molar refractivity (Wildman–Crippen MR) is 528 cm³/mol. The molecule has 0 saturated heterocycles. The van der Waals surface area contributed by atoms with Gasteiger partial charge in [-0.1, -0.05) is 281 Å². The Labute approximate surface area is 807 Å². The number of pyridine rings is 3. The zero-order valence-corrected chi connectivity index (χ0v) is 82.4. The molecule has 0 amide bonds. The minimum atomic E-state index is -0.125. The van der Waals surface area contributed by atoms with Crippen LogP contribution in [0.2, 0.25) is 0 Å². The molecule has 2 aliphatic heterocycles. The van der Waals surface area contributed by atoms with Crippen molar-refractivity contribution < 1.29 is 99.2 Å². The Hall–Kier alpha value is -13.6. The number of ketones is 3. The molecule has 0 unspecified atom stereocenters. The number of hydrogen-bond donors (Lipinski definition) is 5. The van der Waals surface area contributed by atoms with Gasteiger partial charge in [0.05, 0.1) is 50.5 Å². The molecule has 17 heteroatoms. The number of nitrogens with zero attached hydrogens (tertiary/aromatic N) is 6. The SMILES string of the molecule is CC(=O)C=C(C)O.CC(=O)C=C(C)O.CC(C)C(=O)C=C(O)C(C)C.Cc1[c-]c(-c2ccc3ccccc3n2)cc(C)c1.Cc1cc2ccccc2[n+]2c1-c1ccccc1C2.Cc1cnc2c3[c-]cc(-c4ccccc4)cc3c3cc(-c4ccccc4)ccc3c2n1.Nc1[c-]ccc2ccccc12.[Ir].[Ir].[Ir].[N-]=C1C=CC=CC1=N.c1ccc2c(c1)C[n+]1ccc3ccccc3c1-2. The smallest absolute Gasteiger partial charge is 0.221 e. The Bertz CT molecular complexity index is 7080. The summed E-state index contributed by atoms with van der Waals surface area (Å²) in [4.78, 5) is 45.4. The molecular formula is C114H104Ir3N8O6-2. The van der Waals surface area contributed by atoms with E-state index >= 15 is 0 Å². The van der Waals surface area contributed by atoms with Gasteiger partial charge >= 0.3 is 0 Å². The van der Waals surface area contributed by atoms with Crippen LogP contribution in [0.15, 0.2) is 357 Å². The fraction of sp³-hybridized carbons (Fsp3) is 0.140. The quantitative estimate of drug-likeness (QED) is 0.0184. The standard InChI is InChI=1S/C29H19N2.2C17H14N.C16H12N.C10H8N.C9H16O2.C6H5N2.2C5H8O2.3Ir/c1-19-18-30-28-24-14-12-22(20-8-4-2-5-9-20)16-26(24)27-17-23(21-10-6-3-7-11-21)13-15-25(27)29(28)31-19;1-12-10-13-6-3-5-9-16(13)18-11-14-7-2-4-8-15(14)17(12)18;1-12-9-13(2)11-15(10-12)17-8-7-14-5-3-4-6-16(14)18-17;1-3-7-14-12(5-1)9-10-17-11-13-6-2-4-8-15(13)16(14)17;11-10-7-3-5-8-4-1-2-6-9(8)10;1-6(2)8(10)5-9(11)7(3)4;7-5-3-1-2-4-6(5)8;2*1-4(6)3-5(2)7;;;/h2-13,15-18H,1H3;2-10H,11H2,1H3;3-10H,1-2H3;1-10H,11H2;1-6H,11H2;5-7,10H,1-4H3;1-4,7H;2*3,6H,1-2H3;;;/q-1;+1;-1;+1;-1;;-1;;;;;. The topological polar surface area (TPSA) is 230 Å². The average molecular weight is 2260 g/mol. The maximum atomic E-state index is 11.0. The number of rotatable bonds is 8. The second-order valence-corrected chi connectivity index (χ2v) is 32.1. The molecule has 14 nitrogen and oxygen atoms in total. The summed E-state index contributed by atoms with van der Waals surface area (Å²) in [5.74, 6) is 0.0356. The number of nitrogens with two attached hydrogens (primary N) is 1. The fourth-order valence-electron chi connectivity index (χ4n) is 15.1. The molecule has 665 valence electrons. The van der Waals surface area contributed by atoms with Crippen LogP contribution in [0, 0.1) is 63.1 Å². The summed E-state index contributed by atoms with van der Waals surface area (Å²) in [6, 6.07) is 109. The number of carbonyl (C=O) groups is 3. The van der Waals surface area contributed by atoms with Crippen molar-refractivity contribution in [3.05, 3.63) is 414 Å². The first kappa shape index (κ1) is 101. The molecule has 0 atom stereocenters. The number of aliphatic hydroxyl groups excluding tert-OH is 3. The van der Waals surface area contributed by atoms with E-state index in [4.69, 9.17) is 41.7 Å². The molecule has 0 fully saturated rings. The van der Waals surface area contributed by atoms with Crippen LogP contribution in [-0.2, 0) is 87.8 Å². The minimum absolute atomic E-state index is 0. The zero-order valence-electron chi connectivity index (χ0n) is 75.2. The summed E-state index contributed by atoms with van der Waals surface area (Å²) < 4.78 is 4.78. The predicted octanol–water partition coefficient (Wildman–Crippen LogP) is 26.1. The van der Waals surface area contributed by atoms with E-state index < -0.39 is 0 Å². The number of hydrogen-bond acceptors (Lipinski definition) is 11. The van der Waals surface area contributed by atoms with Gasteiger partial charge < -0.3 is 36.9 Å². The van der Waals surface area contributed by atoms with Crippen LogP contribution < -0.4 is 14.9 Å². The van der Waals surface area contributed by atoms with E-state index in [1.165, 1.54) is 157 Å². The molecule has 0 saturated carbocycles. The molecule has 6 N–H and O–H groups in total. The molecule has 0 spiro atoms. The van der Waals surface area contributed by atoms with Gasteiger partial charge in [-0.15, -0.1) is 81.0 Å². The first-order valence-electron chi connectivity index (χ1n) is 42.5. The number of allylic oxidation sites excluding steroid dienone is 10. The molecule has 17 aromatic rings. The minimum Gasteiger partial charge on any atom is -0.802 e. The number of aliphatic hydroxyl groups is 3. The summed E-state index contributed by atoms with van der Waals surface area (Å²) in [7, 11) is 0. The van der Waals surface area contributed by atoms with Gasteiger partial charge in [0, 0.05) is 142 Å². The van der Waals surface area contributed by atoms with E-state index in [0.29, 0.717) is 0 Å². The molecule has 4 aromatic heterocycles. The van der Waals surface area contributed by atoms with Gasteiger partial charge in [-0.3, -0.25) is 24.4 Å². The Balaban J connectivity index is 0.000000173. The molecule has 0 bridgehead atoms. The van der Waals surface area contributed by atoms with Crippen LogP contribution in [-0.4, -0.2) is 59.0 Å². The molecular weight excluding hydrogens is 2150 g/mol. The summed E-state index contributed by atoms with van der Waals surface area (Å²) >= 11 is 0. The number of aryl methyl sites for hydroxylation is 4. The van der Waals surface area contributed by atoms with Crippen molar-refractivity contribution in [3.63, 3.8) is 0 Å². The van der Waals surface area contributed by atoms with Crippen molar-refractivity contribution in [2.75, 3.05) is 5.73 Å². The largest absolute Gasteiger partial charge is 0.802 e. The molecule has 13 aromatic carbocycles. The van der Waals surface area contributed by atoms with Crippen molar-refractivity contribution in [1.29, 1.82) is 5.41 Å². The Morgan fingerprint density at radius 1 is 0.496 bits per heavy atom. The van der Waals surface area contributed by atoms with Gasteiger partial charge in [0.25, 0.3) is 0 Å². The number of benzene rings is 13. The molecule has 1 aliphatic carbocycles. The van der Waals surface area contributed by atoms with Crippen LogP contribution in [0.25, 0.3) is 137 Å². The van der Waals surface area contributed by atoms with E-state index in [9.17, 15) is 19.5 Å². The molecule has 3 aliphatic rings. The Kier molecular flexibility index (Phi) is 37.2. The van der Waals surface area contributed by atoms with Gasteiger partial charge in [-0.2, -0.15) is 27.3 Å². The van der Waals surface area contributed by atoms with Crippen molar-refractivity contribution in [3.8, 4) is 56.0 Å². The summed E-state index contributed by atoms with van der Waals surface area (Å²) in [6.07, 6.45) is 14.1. The normalized spacial score (nSPS) is 11.7. The molecule has 131 heavy (non-hydrogen) atoms. The van der Waals surface area contributed by atoms with Crippen LogP contribution in [0.4, 0.5) is 5.69 Å². The molecule has 6 heterocycles. The third-order valence-corrected chi connectivity index (χ3v) is 21.2. The second kappa shape index (κ2) is 48.2. The first-order valence-corrected chi connectivity index (χ1v) is 42.5. The monoisotopic (exact) mass is 2260 g/mol. The van der Waals surface area contributed by atoms with E-state index in [-0.39, 0.29) is 118 Å². The van der Waals surface area contributed by atoms with E-state index in [2.05, 4.69) is 273 Å². The van der Waals surface area contributed by atoms with Crippen molar-refractivity contribution in [2.45, 2.75) is 96.2 Å². The average Bonchev–Trinajstić information content (AvgIpc) is 1.68. The van der Waals surface area contributed by atoms with Crippen molar-refractivity contribution in [1.82, 2.24) is 15.0 Å². The van der Waals surface area contributed by atoms with Crippen LogP contribution in [0.5, 0.6) is 0 Å². The van der Waals surface area contributed by atoms with Gasteiger partial charge in [0.1, 0.15) is 0 Å². The number of fused-ring (bicyclic) bond motifs is 18. The number of aromatic nitrogens is 5. The molecule has 3 radical (unpaired) electrons. The number of anilines is 1. The number of nitrogen functional groups attached to an aromatic ring is 1. The van der Waals surface area contributed by atoms with Gasteiger partial charge in [0.2, 0.25) is 16.9 Å². The van der Waals surface area contributed by atoms with Crippen molar-refractivity contribution in [2.24, 2.45) is 11.8 Å². The van der Waals surface area contributed by atoms with Crippen LogP contribution >= 0.6 is 0 Å². The van der Waals surface area contributed by atoms with Crippen molar-refractivity contribution >= 4 is 110 Å².